The van der Waals surface area contributed by atoms with Gasteiger partial charge in [-0.15, -0.1) is 0 Å². The van der Waals surface area contributed by atoms with E-state index in [1.807, 2.05) is 18.2 Å². The van der Waals surface area contributed by atoms with E-state index in [4.69, 9.17) is 5.73 Å². The van der Waals surface area contributed by atoms with Gasteiger partial charge in [-0.05, 0) is 51.5 Å². The van der Waals surface area contributed by atoms with E-state index in [2.05, 4.69) is 41.9 Å². The van der Waals surface area contributed by atoms with Crippen LogP contribution in [-0.4, -0.2) is 4.57 Å². The van der Waals surface area contributed by atoms with E-state index in [9.17, 15) is 10.1 Å². The summed E-state index contributed by atoms with van der Waals surface area (Å²) in [4.78, 5) is 12.5. The third-order valence-corrected chi connectivity index (χ3v) is 4.39. The first-order chi connectivity index (χ1) is 10.8. The number of nitrogen functional groups attached to an aromatic ring is 1. The molecule has 1 aliphatic rings. The van der Waals surface area contributed by atoms with Crippen molar-refractivity contribution in [2.24, 2.45) is 5.41 Å². The fourth-order valence-corrected chi connectivity index (χ4v) is 3.43. The number of pyridine rings is 1. The molecular formula is C18H16BrN3O. The van der Waals surface area contributed by atoms with Crippen LogP contribution < -0.4 is 11.3 Å². The van der Waals surface area contributed by atoms with E-state index in [-0.39, 0.29) is 16.7 Å². The minimum Gasteiger partial charge on any atom is -0.394 e. The molecule has 0 radical (unpaired) electrons. The van der Waals surface area contributed by atoms with E-state index >= 15 is 0 Å². The average Bonchev–Trinajstić information content (AvgIpc) is 2.49. The molecule has 116 valence electrons. The smallest absolute Gasteiger partial charge is 0.278 e. The Kier molecular flexibility index (Phi) is 3.65. The van der Waals surface area contributed by atoms with E-state index in [0.29, 0.717) is 5.56 Å². The topological polar surface area (TPSA) is 71.8 Å². The van der Waals surface area contributed by atoms with Crippen LogP contribution in [0.3, 0.4) is 0 Å². The van der Waals surface area contributed by atoms with Crippen LogP contribution >= 0.6 is 15.9 Å². The molecular weight excluding hydrogens is 354 g/mol. The van der Waals surface area contributed by atoms with Crippen molar-refractivity contribution < 1.29 is 0 Å². The summed E-state index contributed by atoms with van der Waals surface area (Å²) in [5, 5.41) is 9.18. The maximum atomic E-state index is 12.5. The van der Waals surface area contributed by atoms with Gasteiger partial charge in [-0.1, -0.05) is 26.0 Å². The van der Waals surface area contributed by atoms with Gasteiger partial charge >= 0.3 is 0 Å². The molecule has 0 bridgehead atoms. The molecule has 4 nitrogen and oxygen atoms in total. The summed E-state index contributed by atoms with van der Waals surface area (Å²) in [6, 6.07) is 9.37. The Morgan fingerprint density at radius 2 is 2.09 bits per heavy atom. The Labute approximate surface area is 143 Å². The quantitative estimate of drug-likeness (QED) is 0.835. The Bertz CT molecular complexity index is 932. The van der Waals surface area contributed by atoms with E-state index in [0.717, 1.165) is 27.7 Å². The van der Waals surface area contributed by atoms with Crippen LogP contribution in [-0.2, 0) is 6.42 Å². The van der Waals surface area contributed by atoms with Gasteiger partial charge in [-0.25, -0.2) is 0 Å². The zero-order chi connectivity index (χ0) is 16.8. The average molecular weight is 370 g/mol. The number of benzene rings is 1. The molecule has 1 heterocycles. The van der Waals surface area contributed by atoms with Crippen LogP contribution in [0.1, 0.15) is 30.5 Å². The van der Waals surface area contributed by atoms with Crippen LogP contribution in [0.15, 0.2) is 45.8 Å². The molecule has 1 aliphatic carbocycles. The standard InChI is InChI=1S/C18H16BrN3O/c1-18(2)7-12-4-3-11(9-20)5-14(12)16(8-18)22-10-13(19)6-15(21)17(22)23/h3-6,8,10H,7,21H2,1-2H3. The van der Waals surface area contributed by atoms with Crippen LogP contribution in [0.2, 0.25) is 0 Å². The third kappa shape index (κ3) is 2.82. The van der Waals surface area contributed by atoms with Crippen molar-refractivity contribution in [2.75, 3.05) is 5.73 Å². The highest BCUT2D eigenvalue weighted by Gasteiger charge is 2.27. The lowest BCUT2D eigenvalue weighted by molar-refractivity contribution is 0.470. The van der Waals surface area contributed by atoms with Crippen LogP contribution in [0.4, 0.5) is 5.69 Å². The lowest BCUT2D eigenvalue weighted by Crippen LogP contribution is -2.27. The number of hydrogen-bond acceptors (Lipinski definition) is 3. The summed E-state index contributed by atoms with van der Waals surface area (Å²) in [5.74, 6) is 0. The SMILES string of the molecule is CC1(C)C=C(n2cc(Br)cc(N)c2=O)c2cc(C#N)ccc2C1. The van der Waals surface area contributed by atoms with Crippen molar-refractivity contribution >= 4 is 27.3 Å². The molecule has 0 unspecified atom stereocenters. The van der Waals surface area contributed by atoms with Crippen molar-refractivity contribution in [1.82, 2.24) is 4.57 Å². The van der Waals surface area contributed by atoms with Crippen molar-refractivity contribution in [1.29, 1.82) is 5.26 Å². The summed E-state index contributed by atoms with van der Waals surface area (Å²) >= 11 is 3.39. The molecule has 0 spiro atoms. The molecule has 0 amide bonds. The van der Waals surface area contributed by atoms with Gasteiger partial charge in [0.25, 0.3) is 5.56 Å². The molecule has 0 saturated carbocycles. The normalized spacial score (nSPS) is 15.5. The molecule has 5 heteroatoms. The predicted octanol–water partition coefficient (Wildman–Crippen LogP) is 3.54. The van der Waals surface area contributed by atoms with Gasteiger partial charge in [-0.2, -0.15) is 5.26 Å². The Hall–Kier alpha value is -2.32. The number of halogens is 1. The lowest BCUT2D eigenvalue weighted by Gasteiger charge is -2.30. The molecule has 0 fully saturated rings. The zero-order valence-electron chi connectivity index (χ0n) is 12.9. The number of nitrogens with two attached hydrogens (primary N) is 1. The van der Waals surface area contributed by atoms with Crippen molar-refractivity contribution in [2.45, 2.75) is 20.3 Å². The van der Waals surface area contributed by atoms with Gasteiger partial charge in [-0.3, -0.25) is 9.36 Å². The molecule has 3 rings (SSSR count). The molecule has 2 aromatic rings. The van der Waals surface area contributed by atoms with Crippen molar-refractivity contribution in [3.05, 3.63) is 68.1 Å². The fraction of sp³-hybridized carbons (Fsp3) is 0.222. The van der Waals surface area contributed by atoms with E-state index in [1.54, 1.807) is 16.8 Å². The molecule has 1 aromatic carbocycles. The Morgan fingerprint density at radius 3 is 2.78 bits per heavy atom. The lowest BCUT2D eigenvalue weighted by atomic mass is 9.77. The first-order valence-corrected chi connectivity index (χ1v) is 8.04. The summed E-state index contributed by atoms with van der Waals surface area (Å²) in [5.41, 5.74) is 9.03. The second-order valence-electron chi connectivity index (χ2n) is 6.47. The highest BCUT2D eigenvalue weighted by atomic mass is 79.9. The van der Waals surface area contributed by atoms with Gasteiger partial charge in [0.1, 0.15) is 0 Å². The molecule has 0 atom stereocenters. The van der Waals surface area contributed by atoms with E-state index < -0.39 is 0 Å². The van der Waals surface area contributed by atoms with Crippen molar-refractivity contribution in [3.63, 3.8) is 0 Å². The van der Waals surface area contributed by atoms with Gasteiger partial charge in [0, 0.05) is 16.2 Å². The monoisotopic (exact) mass is 369 g/mol. The maximum Gasteiger partial charge on any atom is 0.278 e. The predicted molar refractivity (Wildman–Crippen MR) is 94.8 cm³/mol. The zero-order valence-corrected chi connectivity index (χ0v) is 14.5. The minimum absolute atomic E-state index is 0.0903. The van der Waals surface area contributed by atoms with Gasteiger partial charge < -0.3 is 5.73 Å². The maximum absolute atomic E-state index is 12.5. The second kappa shape index (κ2) is 5.39. The van der Waals surface area contributed by atoms with Gasteiger partial charge in [0.15, 0.2) is 0 Å². The van der Waals surface area contributed by atoms with Gasteiger partial charge in [0.05, 0.1) is 23.0 Å². The molecule has 0 saturated heterocycles. The number of hydrogen-bond donors (Lipinski definition) is 1. The van der Waals surface area contributed by atoms with Gasteiger partial charge in [0.2, 0.25) is 0 Å². The minimum atomic E-state index is -0.259. The number of aromatic nitrogens is 1. The van der Waals surface area contributed by atoms with Crippen LogP contribution in [0.25, 0.3) is 5.70 Å². The number of fused-ring (bicyclic) bond motifs is 1. The van der Waals surface area contributed by atoms with Crippen molar-refractivity contribution in [3.8, 4) is 6.07 Å². The highest BCUT2D eigenvalue weighted by Crippen LogP contribution is 2.37. The Balaban J connectivity index is 2.33. The summed E-state index contributed by atoms with van der Waals surface area (Å²) in [6.45, 7) is 4.25. The number of anilines is 1. The molecule has 0 aliphatic heterocycles. The number of rotatable bonds is 1. The number of nitriles is 1. The second-order valence-corrected chi connectivity index (χ2v) is 7.38. The first kappa shape index (κ1) is 15.6. The summed E-state index contributed by atoms with van der Waals surface area (Å²) in [6.07, 6.45) is 4.65. The van der Waals surface area contributed by atoms with E-state index in [1.165, 1.54) is 0 Å². The number of allylic oxidation sites excluding steroid dienone is 1. The third-order valence-electron chi connectivity index (χ3n) is 3.96. The first-order valence-electron chi connectivity index (χ1n) is 7.25. The van der Waals surface area contributed by atoms with Crippen LogP contribution in [0.5, 0.6) is 0 Å². The largest absolute Gasteiger partial charge is 0.394 e. The molecule has 23 heavy (non-hydrogen) atoms. The highest BCUT2D eigenvalue weighted by molar-refractivity contribution is 9.10. The molecule has 1 aromatic heterocycles. The summed E-state index contributed by atoms with van der Waals surface area (Å²) < 4.78 is 2.29. The number of nitrogens with zero attached hydrogens (tertiary/aromatic N) is 2. The fourth-order valence-electron chi connectivity index (χ4n) is 2.98. The Morgan fingerprint density at radius 1 is 1.35 bits per heavy atom. The summed E-state index contributed by atoms with van der Waals surface area (Å²) in [7, 11) is 0. The van der Waals surface area contributed by atoms with Crippen LogP contribution in [0, 0.1) is 16.7 Å². The molecule has 2 N–H and O–H groups in total.